The van der Waals surface area contributed by atoms with Gasteiger partial charge in [0.25, 0.3) is 5.24 Å². The summed E-state index contributed by atoms with van der Waals surface area (Å²) in [7, 11) is 0. The average molecular weight is 536 g/mol. The van der Waals surface area contributed by atoms with E-state index in [9.17, 15) is 22.4 Å². The Morgan fingerprint density at radius 3 is 2.45 bits per heavy atom. The summed E-state index contributed by atoms with van der Waals surface area (Å²) < 4.78 is 58.2. The Bertz CT molecular complexity index is 1130. The van der Waals surface area contributed by atoms with Gasteiger partial charge in [0.15, 0.2) is 23.3 Å². The molecule has 0 amide bonds. The molecule has 0 saturated carbocycles. The zero-order valence-corrected chi connectivity index (χ0v) is 17.3. The van der Waals surface area contributed by atoms with E-state index in [0.29, 0.717) is 3.57 Å². The van der Waals surface area contributed by atoms with Crippen molar-refractivity contribution in [3.63, 3.8) is 0 Å². The first kappa shape index (κ1) is 21.3. The Morgan fingerprint density at radius 1 is 1.07 bits per heavy atom. The number of carbonyl (C=O) groups excluding carboxylic acids is 1. The Hall–Kier alpha value is -2.40. The lowest BCUT2D eigenvalue weighted by molar-refractivity contribution is 0.108. The van der Waals surface area contributed by atoms with Crippen molar-refractivity contribution in [3.8, 4) is 0 Å². The maximum atomic E-state index is 14.8. The zero-order valence-electron chi connectivity index (χ0n) is 14.4. The van der Waals surface area contributed by atoms with Gasteiger partial charge in [0.2, 0.25) is 0 Å². The van der Waals surface area contributed by atoms with Crippen molar-refractivity contribution >= 4 is 56.6 Å². The second kappa shape index (κ2) is 8.54. The van der Waals surface area contributed by atoms with Gasteiger partial charge < -0.3 is 11.1 Å². The molecule has 1 aromatic heterocycles. The second-order valence-electron chi connectivity index (χ2n) is 5.96. The predicted molar refractivity (Wildman–Crippen MR) is 110 cm³/mol. The van der Waals surface area contributed by atoms with E-state index in [1.165, 1.54) is 30.5 Å². The van der Waals surface area contributed by atoms with Crippen molar-refractivity contribution < 1.29 is 22.4 Å². The number of hydrogen-bond donors (Lipinski definition) is 2. The van der Waals surface area contributed by atoms with Gasteiger partial charge in [-0.15, -0.1) is 0 Å². The molecule has 0 saturated heterocycles. The van der Waals surface area contributed by atoms with Crippen molar-refractivity contribution in [1.82, 2.24) is 4.98 Å². The summed E-state index contributed by atoms with van der Waals surface area (Å²) in [6.07, 6.45) is 0.807. The van der Waals surface area contributed by atoms with Crippen molar-refractivity contribution in [2.24, 2.45) is 0 Å². The van der Waals surface area contributed by atoms with Crippen molar-refractivity contribution in [2.45, 2.75) is 6.42 Å². The van der Waals surface area contributed by atoms with Crippen LogP contribution in [0.25, 0.3) is 0 Å². The molecule has 0 radical (unpaired) electrons. The maximum absolute atomic E-state index is 14.8. The quantitative estimate of drug-likeness (QED) is 0.256. The fourth-order valence-corrected chi connectivity index (χ4v) is 3.26. The zero-order chi connectivity index (χ0) is 21.3. The number of nitrogens with one attached hydrogen (secondary N) is 1. The number of rotatable bonds is 5. The molecule has 3 rings (SSSR count). The molecule has 0 aliphatic carbocycles. The molecule has 4 nitrogen and oxygen atoms in total. The van der Waals surface area contributed by atoms with Crippen LogP contribution in [-0.4, -0.2) is 10.2 Å². The van der Waals surface area contributed by atoms with Crippen LogP contribution >= 0.6 is 34.2 Å². The monoisotopic (exact) mass is 535 g/mol. The molecule has 0 fully saturated rings. The highest BCUT2D eigenvalue weighted by atomic mass is 127. The van der Waals surface area contributed by atoms with Gasteiger partial charge >= 0.3 is 0 Å². The summed E-state index contributed by atoms with van der Waals surface area (Å²) in [5.74, 6) is -4.80. The van der Waals surface area contributed by atoms with E-state index in [4.69, 9.17) is 17.3 Å². The van der Waals surface area contributed by atoms with Gasteiger partial charge in [-0.05, 0) is 75.7 Å². The van der Waals surface area contributed by atoms with E-state index < -0.39 is 52.0 Å². The highest BCUT2D eigenvalue weighted by Crippen LogP contribution is 2.32. The van der Waals surface area contributed by atoms with Crippen LogP contribution in [0, 0.1) is 26.8 Å². The molecule has 0 atom stereocenters. The van der Waals surface area contributed by atoms with Crippen molar-refractivity contribution in [1.29, 1.82) is 0 Å². The Labute approximate surface area is 181 Å². The number of nitrogens with two attached hydrogens (primary N) is 1. The Morgan fingerprint density at radius 2 is 1.79 bits per heavy atom. The molecule has 29 heavy (non-hydrogen) atoms. The molecule has 0 bridgehead atoms. The Kier molecular flexibility index (Phi) is 6.27. The number of halogens is 6. The van der Waals surface area contributed by atoms with Gasteiger partial charge in [-0.2, -0.15) is 0 Å². The smallest absolute Gasteiger partial charge is 0.254 e. The van der Waals surface area contributed by atoms with Crippen LogP contribution in [-0.2, 0) is 6.42 Å². The molecule has 0 spiro atoms. The fourth-order valence-electron chi connectivity index (χ4n) is 2.65. The highest BCUT2D eigenvalue weighted by molar-refractivity contribution is 14.1. The van der Waals surface area contributed by atoms with Gasteiger partial charge in [0, 0.05) is 16.2 Å². The summed E-state index contributed by atoms with van der Waals surface area (Å²) >= 11 is 7.41. The van der Waals surface area contributed by atoms with Crippen LogP contribution in [0.5, 0.6) is 0 Å². The van der Waals surface area contributed by atoms with E-state index in [2.05, 4.69) is 10.3 Å². The number of pyridine rings is 1. The number of nitrogen functional groups attached to an aromatic ring is 1. The SMILES string of the molecule is Nc1nccc(Cc2cc(C(=O)Cl)c(Nc3ccc(I)cc3F)c(F)c2F)c1F. The lowest BCUT2D eigenvalue weighted by Crippen LogP contribution is -2.09. The van der Waals surface area contributed by atoms with Crippen LogP contribution in [0.1, 0.15) is 21.5 Å². The molecular formula is C19H11ClF4IN3O. The van der Waals surface area contributed by atoms with Gasteiger partial charge in [-0.3, -0.25) is 4.79 Å². The van der Waals surface area contributed by atoms with E-state index in [1.54, 1.807) is 0 Å². The molecule has 0 unspecified atom stereocenters. The van der Waals surface area contributed by atoms with Gasteiger partial charge in [0.1, 0.15) is 5.82 Å². The number of carbonyl (C=O) groups is 1. The minimum absolute atomic E-state index is 0.0480. The summed E-state index contributed by atoms with van der Waals surface area (Å²) in [6, 6.07) is 6.24. The normalized spacial score (nSPS) is 10.8. The third-order valence-corrected chi connectivity index (χ3v) is 4.94. The molecule has 3 N–H and O–H groups in total. The average Bonchev–Trinajstić information content (AvgIpc) is 2.66. The van der Waals surface area contributed by atoms with E-state index in [1.807, 2.05) is 22.6 Å². The molecule has 3 aromatic rings. The summed E-state index contributed by atoms with van der Waals surface area (Å²) in [4.78, 5) is 15.4. The minimum atomic E-state index is -1.45. The van der Waals surface area contributed by atoms with E-state index in [-0.39, 0.29) is 16.8 Å². The third-order valence-electron chi connectivity index (χ3n) is 4.06. The van der Waals surface area contributed by atoms with Gasteiger partial charge in [-0.25, -0.2) is 22.5 Å². The van der Waals surface area contributed by atoms with Crippen LogP contribution in [0.15, 0.2) is 36.5 Å². The maximum Gasteiger partial charge on any atom is 0.254 e. The standard InChI is InChI=1S/C19H11ClF4IN3O/c20-18(29)11-6-9(5-8-3-4-27-19(26)15(8)23)14(22)16(24)17(11)28-13-2-1-10(25)7-12(13)21/h1-4,6-7,28H,5H2,(H2,26,27). The van der Waals surface area contributed by atoms with Crippen LogP contribution in [0.3, 0.4) is 0 Å². The molecule has 0 aliphatic rings. The van der Waals surface area contributed by atoms with E-state index >= 15 is 0 Å². The van der Waals surface area contributed by atoms with Crippen molar-refractivity contribution in [3.05, 3.63) is 80.1 Å². The van der Waals surface area contributed by atoms with Crippen LogP contribution < -0.4 is 11.1 Å². The van der Waals surface area contributed by atoms with Gasteiger partial charge in [-0.1, -0.05) is 0 Å². The first-order valence-electron chi connectivity index (χ1n) is 8.00. The van der Waals surface area contributed by atoms with Crippen LogP contribution in [0.2, 0.25) is 0 Å². The first-order valence-corrected chi connectivity index (χ1v) is 9.46. The summed E-state index contributed by atoms with van der Waals surface area (Å²) in [5, 5.41) is 1.26. The molecule has 2 aromatic carbocycles. The Balaban J connectivity index is 2.08. The predicted octanol–water partition coefficient (Wildman–Crippen LogP) is 5.54. The van der Waals surface area contributed by atoms with E-state index in [0.717, 1.165) is 6.07 Å². The fraction of sp³-hybridized carbons (Fsp3) is 0.0526. The molecule has 0 aliphatic heterocycles. The molecule has 10 heteroatoms. The molecule has 1 heterocycles. The van der Waals surface area contributed by atoms with Crippen LogP contribution in [0.4, 0.5) is 34.8 Å². The lowest BCUT2D eigenvalue weighted by Gasteiger charge is -2.15. The summed E-state index contributed by atoms with van der Waals surface area (Å²) in [6.45, 7) is 0. The summed E-state index contributed by atoms with van der Waals surface area (Å²) in [5.41, 5.74) is 3.77. The number of nitrogens with zero attached hydrogens (tertiary/aromatic N) is 1. The number of benzene rings is 2. The second-order valence-corrected chi connectivity index (χ2v) is 7.54. The van der Waals surface area contributed by atoms with Gasteiger partial charge in [0.05, 0.1) is 16.9 Å². The number of hydrogen-bond acceptors (Lipinski definition) is 4. The topological polar surface area (TPSA) is 68.0 Å². The number of aromatic nitrogens is 1. The molecule has 150 valence electrons. The largest absolute Gasteiger partial charge is 0.381 e. The minimum Gasteiger partial charge on any atom is -0.381 e. The van der Waals surface area contributed by atoms with Crippen molar-refractivity contribution in [2.75, 3.05) is 11.1 Å². The molecular weight excluding hydrogens is 525 g/mol. The number of anilines is 3. The first-order chi connectivity index (χ1) is 13.7. The third kappa shape index (κ3) is 4.45. The highest BCUT2D eigenvalue weighted by Gasteiger charge is 2.23. The lowest BCUT2D eigenvalue weighted by atomic mass is 10.0.